The fraction of sp³-hybridized carbons (Fsp3) is 0.250. The molecular formula is C16H17F2NO2. The lowest BCUT2D eigenvalue weighted by atomic mass is 10.2. The van der Waals surface area contributed by atoms with E-state index in [1.165, 1.54) is 12.1 Å². The molecule has 0 atom stereocenters. The lowest BCUT2D eigenvalue weighted by molar-refractivity contribution is 0.263. The molecular weight excluding hydrogens is 276 g/mol. The number of hydrogen-bond donors (Lipinski definition) is 1. The molecule has 21 heavy (non-hydrogen) atoms. The molecule has 0 saturated carbocycles. The summed E-state index contributed by atoms with van der Waals surface area (Å²) in [7, 11) is 0. The van der Waals surface area contributed by atoms with E-state index >= 15 is 0 Å². The first-order valence-corrected chi connectivity index (χ1v) is 6.67. The third kappa shape index (κ3) is 3.70. The van der Waals surface area contributed by atoms with Crippen LogP contribution in [-0.4, -0.2) is 6.61 Å². The third-order valence-corrected chi connectivity index (χ3v) is 2.97. The van der Waals surface area contributed by atoms with Crippen LogP contribution in [0.15, 0.2) is 36.4 Å². The highest BCUT2D eigenvalue weighted by Gasteiger charge is 2.12. The van der Waals surface area contributed by atoms with Crippen molar-refractivity contribution < 1.29 is 18.3 Å². The molecule has 112 valence electrons. The van der Waals surface area contributed by atoms with Crippen molar-refractivity contribution in [2.45, 2.75) is 20.1 Å². The van der Waals surface area contributed by atoms with Crippen molar-refractivity contribution in [1.82, 2.24) is 0 Å². The minimum Gasteiger partial charge on any atom is -0.490 e. The van der Waals surface area contributed by atoms with Gasteiger partial charge in [-0.1, -0.05) is 12.1 Å². The van der Waals surface area contributed by atoms with E-state index in [4.69, 9.17) is 15.2 Å². The van der Waals surface area contributed by atoms with Crippen molar-refractivity contribution >= 4 is 0 Å². The van der Waals surface area contributed by atoms with Gasteiger partial charge in [-0.3, -0.25) is 0 Å². The fourth-order valence-electron chi connectivity index (χ4n) is 1.94. The number of para-hydroxylation sites is 1. The minimum atomic E-state index is -0.641. The maximum absolute atomic E-state index is 13.6. The molecule has 0 aliphatic heterocycles. The number of rotatable bonds is 6. The van der Waals surface area contributed by atoms with E-state index < -0.39 is 11.6 Å². The minimum absolute atomic E-state index is 0.0246. The van der Waals surface area contributed by atoms with Crippen LogP contribution in [-0.2, 0) is 13.2 Å². The first-order valence-electron chi connectivity index (χ1n) is 6.67. The molecule has 0 spiro atoms. The van der Waals surface area contributed by atoms with Crippen LogP contribution in [0.4, 0.5) is 8.78 Å². The van der Waals surface area contributed by atoms with Gasteiger partial charge in [0.2, 0.25) is 0 Å². The van der Waals surface area contributed by atoms with Crippen molar-refractivity contribution in [1.29, 1.82) is 0 Å². The van der Waals surface area contributed by atoms with Gasteiger partial charge in [0.15, 0.2) is 11.5 Å². The molecule has 0 unspecified atom stereocenters. The lowest BCUT2D eigenvalue weighted by Crippen LogP contribution is -2.06. The quantitative estimate of drug-likeness (QED) is 0.887. The summed E-state index contributed by atoms with van der Waals surface area (Å²) in [4.78, 5) is 0. The summed E-state index contributed by atoms with van der Waals surface area (Å²) in [5.41, 5.74) is 6.71. The molecule has 2 rings (SSSR count). The fourth-order valence-corrected chi connectivity index (χ4v) is 1.94. The molecule has 0 bridgehead atoms. The van der Waals surface area contributed by atoms with E-state index in [2.05, 4.69) is 0 Å². The summed E-state index contributed by atoms with van der Waals surface area (Å²) < 4.78 is 37.6. The van der Waals surface area contributed by atoms with Crippen LogP contribution < -0.4 is 15.2 Å². The Morgan fingerprint density at radius 3 is 2.52 bits per heavy atom. The SMILES string of the molecule is CCOc1cccc(CN)c1OCc1ccc(F)cc1F. The van der Waals surface area contributed by atoms with E-state index in [9.17, 15) is 8.78 Å². The highest BCUT2D eigenvalue weighted by molar-refractivity contribution is 5.46. The second kappa shape index (κ2) is 7.04. The van der Waals surface area contributed by atoms with Crippen LogP contribution in [0, 0.1) is 11.6 Å². The topological polar surface area (TPSA) is 44.5 Å². The largest absolute Gasteiger partial charge is 0.490 e. The Bertz CT molecular complexity index is 617. The number of halogens is 2. The van der Waals surface area contributed by atoms with Gasteiger partial charge in [-0.05, 0) is 25.1 Å². The molecule has 0 amide bonds. The Hall–Kier alpha value is -2.14. The van der Waals surface area contributed by atoms with E-state index in [1.54, 1.807) is 6.07 Å². The molecule has 2 aromatic carbocycles. The summed E-state index contributed by atoms with van der Waals surface area (Å²) in [6.45, 7) is 2.60. The van der Waals surface area contributed by atoms with Gasteiger partial charge in [-0.25, -0.2) is 8.78 Å². The van der Waals surface area contributed by atoms with Gasteiger partial charge in [0.1, 0.15) is 18.2 Å². The van der Waals surface area contributed by atoms with Crippen molar-refractivity contribution in [3.05, 3.63) is 59.2 Å². The van der Waals surface area contributed by atoms with E-state index in [-0.39, 0.29) is 18.7 Å². The average Bonchev–Trinajstić information content (AvgIpc) is 2.47. The number of nitrogens with two attached hydrogens (primary N) is 1. The summed E-state index contributed by atoms with van der Waals surface area (Å²) in [5, 5.41) is 0. The van der Waals surface area contributed by atoms with Crippen LogP contribution in [0.3, 0.4) is 0 Å². The first-order chi connectivity index (χ1) is 10.2. The van der Waals surface area contributed by atoms with Crippen LogP contribution in [0.1, 0.15) is 18.1 Å². The van der Waals surface area contributed by atoms with Crippen LogP contribution in [0.2, 0.25) is 0 Å². The summed E-state index contributed by atoms with van der Waals surface area (Å²) in [6.07, 6.45) is 0. The smallest absolute Gasteiger partial charge is 0.166 e. The molecule has 5 heteroatoms. The molecule has 0 radical (unpaired) electrons. The average molecular weight is 293 g/mol. The monoisotopic (exact) mass is 293 g/mol. The Balaban J connectivity index is 2.22. The van der Waals surface area contributed by atoms with E-state index in [1.807, 2.05) is 19.1 Å². The number of hydrogen-bond acceptors (Lipinski definition) is 3. The zero-order chi connectivity index (χ0) is 15.2. The molecule has 0 heterocycles. The summed E-state index contributed by atoms with van der Waals surface area (Å²) in [5.74, 6) is -0.208. The number of ether oxygens (including phenoxy) is 2. The Morgan fingerprint density at radius 1 is 1.05 bits per heavy atom. The molecule has 0 aromatic heterocycles. The van der Waals surface area contributed by atoms with Crippen molar-refractivity contribution in [2.24, 2.45) is 5.73 Å². The standard InChI is InChI=1S/C16H17F2NO2/c1-2-20-15-5-3-4-11(9-19)16(15)21-10-12-6-7-13(17)8-14(12)18/h3-8H,2,9-10,19H2,1H3. The number of benzene rings is 2. The zero-order valence-electron chi connectivity index (χ0n) is 11.7. The lowest BCUT2D eigenvalue weighted by Gasteiger charge is -2.15. The molecule has 2 N–H and O–H groups in total. The zero-order valence-corrected chi connectivity index (χ0v) is 11.7. The van der Waals surface area contributed by atoms with E-state index in [0.717, 1.165) is 11.6 Å². The molecule has 0 aliphatic carbocycles. The maximum atomic E-state index is 13.6. The molecule has 0 fully saturated rings. The highest BCUT2D eigenvalue weighted by Crippen LogP contribution is 2.32. The van der Waals surface area contributed by atoms with Gasteiger partial charge in [0.25, 0.3) is 0 Å². The second-order valence-corrected chi connectivity index (χ2v) is 4.41. The van der Waals surface area contributed by atoms with Gasteiger partial charge in [-0.15, -0.1) is 0 Å². The summed E-state index contributed by atoms with van der Waals surface area (Å²) in [6, 6.07) is 8.78. The van der Waals surface area contributed by atoms with Crippen molar-refractivity contribution in [3.8, 4) is 11.5 Å². The summed E-state index contributed by atoms with van der Waals surface area (Å²) >= 11 is 0. The van der Waals surface area contributed by atoms with E-state index in [0.29, 0.717) is 18.1 Å². The second-order valence-electron chi connectivity index (χ2n) is 4.41. The van der Waals surface area contributed by atoms with Crippen molar-refractivity contribution in [2.75, 3.05) is 6.61 Å². The van der Waals surface area contributed by atoms with Gasteiger partial charge >= 0.3 is 0 Å². The van der Waals surface area contributed by atoms with Crippen LogP contribution >= 0.6 is 0 Å². The highest BCUT2D eigenvalue weighted by atomic mass is 19.1. The first kappa shape index (κ1) is 15.3. The van der Waals surface area contributed by atoms with Crippen LogP contribution in [0.25, 0.3) is 0 Å². The molecule has 0 saturated heterocycles. The Kier molecular flexibility index (Phi) is 5.11. The predicted molar refractivity (Wildman–Crippen MR) is 76.2 cm³/mol. The van der Waals surface area contributed by atoms with Gasteiger partial charge in [0.05, 0.1) is 6.61 Å². The molecule has 3 nitrogen and oxygen atoms in total. The Labute approximate surface area is 122 Å². The molecule has 2 aromatic rings. The molecule has 0 aliphatic rings. The predicted octanol–water partition coefficient (Wildman–Crippen LogP) is 3.40. The van der Waals surface area contributed by atoms with Gasteiger partial charge in [-0.2, -0.15) is 0 Å². The Morgan fingerprint density at radius 2 is 1.86 bits per heavy atom. The maximum Gasteiger partial charge on any atom is 0.166 e. The van der Waals surface area contributed by atoms with Crippen LogP contribution in [0.5, 0.6) is 11.5 Å². The van der Waals surface area contributed by atoms with Crippen molar-refractivity contribution in [3.63, 3.8) is 0 Å². The third-order valence-electron chi connectivity index (χ3n) is 2.97. The normalized spacial score (nSPS) is 10.5. The van der Waals surface area contributed by atoms with Gasteiger partial charge < -0.3 is 15.2 Å². The van der Waals surface area contributed by atoms with Gasteiger partial charge in [0, 0.05) is 23.7 Å².